The standard InChI is InChI=1S/C10H19N/c1-8(2)9-4-3-5-10(9)6-11-7-10/h8-9,11H,3-7H2,1-2H3. The topological polar surface area (TPSA) is 12.0 Å². The smallest absolute Gasteiger partial charge is 0.00230 e. The van der Waals surface area contributed by atoms with Crippen molar-refractivity contribution < 1.29 is 0 Å². The van der Waals surface area contributed by atoms with Gasteiger partial charge < -0.3 is 5.32 Å². The van der Waals surface area contributed by atoms with Gasteiger partial charge in [0.25, 0.3) is 0 Å². The van der Waals surface area contributed by atoms with Gasteiger partial charge in [-0.25, -0.2) is 0 Å². The monoisotopic (exact) mass is 153 g/mol. The zero-order chi connectivity index (χ0) is 7.90. The predicted octanol–water partition coefficient (Wildman–Crippen LogP) is 2.03. The molecular weight excluding hydrogens is 134 g/mol. The Morgan fingerprint density at radius 1 is 1.36 bits per heavy atom. The first-order valence-corrected chi connectivity index (χ1v) is 4.95. The van der Waals surface area contributed by atoms with Crippen LogP contribution in [0.1, 0.15) is 33.1 Å². The summed E-state index contributed by atoms with van der Waals surface area (Å²) in [5.41, 5.74) is 0.744. The Bertz CT molecular complexity index is 147. The molecular formula is C10H19N. The van der Waals surface area contributed by atoms with Crippen LogP contribution in [0.15, 0.2) is 0 Å². The second kappa shape index (κ2) is 2.48. The normalized spacial score (nSPS) is 34.6. The van der Waals surface area contributed by atoms with Crippen LogP contribution in [0, 0.1) is 17.3 Å². The fourth-order valence-corrected chi connectivity index (χ4v) is 3.09. The van der Waals surface area contributed by atoms with Gasteiger partial charge in [-0.1, -0.05) is 20.3 Å². The Morgan fingerprint density at radius 3 is 2.45 bits per heavy atom. The van der Waals surface area contributed by atoms with Crippen LogP contribution < -0.4 is 5.32 Å². The zero-order valence-corrected chi connectivity index (χ0v) is 7.69. The Balaban J connectivity index is 2.07. The third-order valence-electron chi connectivity index (χ3n) is 3.74. The van der Waals surface area contributed by atoms with Crippen molar-refractivity contribution in [1.82, 2.24) is 5.32 Å². The maximum absolute atomic E-state index is 3.43. The second-order valence-corrected chi connectivity index (χ2v) is 4.71. The highest BCUT2D eigenvalue weighted by Crippen LogP contribution is 2.49. The number of rotatable bonds is 1. The van der Waals surface area contributed by atoms with E-state index in [9.17, 15) is 0 Å². The van der Waals surface area contributed by atoms with Gasteiger partial charge in [-0.3, -0.25) is 0 Å². The van der Waals surface area contributed by atoms with Crippen molar-refractivity contribution >= 4 is 0 Å². The minimum absolute atomic E-state index is 0.744. The van der Waals surface area contributed by atoms with Crippen LogP contribution in [0.4, 0.5) is 0 Å². The maximum Gasteiger partial charge on any atom is 0.00230 e. The average Bonchev–Trinajstić information content (AvgIpc) is 2.27. The molecule has 2 fully saturated rings. The van der Waals surface area contributed by atoms with Crippen molar-refractivity contribution in [2.45, 2.75) is 33.1 Å². The highest BCUT2D eigenvalue weighted by molar-refractivity contribution is 5.01. The molecule has 1 saturated heterocycles. The molecule has 1 aliphatic carbocycles. The second-order valence-electron chi connectivity index (χ2n) is 4.71. The minimum Gasteiger partial charge on any atom is -0.316 e. The quantitative estimate of drug-likeness (QED) is 0.608. The Labute approximate surface area is 69.6 Å². The Hall–Kier alpha value is -0.0400. The molecule has 1 unspecified atom stereocenters. The highest BCUT2D eigenvalue weighted by Gasteiger charge is 2.47. The summed E-state index contributed by atoms with van der Waals surface area (Å²) in [5.74, 6) is 1.92. The van der Waals surface area contributed by atoms with Crippen LogP contribution >= 0.6 is 0 Å². The van der Waals surface area contributed by atoms with E-state index in [1.54, 1.807) is 0 Å². The molecule has 64 valence electrons. The molecule has 0 aromatic rings. The Morgan fingerprint density at radius 2 is 2.09 bits per heavy atom. The summed E-state index contributed by atoms with van der Waals surface area (Å²) in [6, 6.07) is 0. The summed E-state index contributed by atoms with van der Waals surface area (Å²) in [6.07, 6.45) is 4.45. The lowest BCUT2D eigenvalue weighted by molar-refractivity contribution is 0.0790. The molecule has 0 radical (unpaired) electrons. The maximum atomic E-state index is 3.43. The van der Waals surface area contributed by atoms with Crippen LogP contribution in [-0.2, 0) is 0 Å². The molecule has 2 aliphatic rings. The van der Waals surface area contributed by atoms with Gasteiger partial charge in [-0.05, 0) is 30.1 Å². The molecule has 1 saturated carbocycles. The van der Waals surface area contributed by atoms with Crippen molar-refractivity contribution in [3.63, 3.8) is 0 Å². The zero-order valence-electron chi connectivity index (χ0n) is 7.69. The van der Waals surface area contributed by atoms with E-state index in [0.717, 1.165) is 17.3 Å². The van der Waals surface area contributed by atoms with Crippen LogP contribution in [0.25, 0.3) is 0 Å². The molecule has 1 atom stereocenters. The lowest BCUT2D eigenvalue weighted by Gasteiger charge is -2.46. The van der Waals surface area contributed by atoms with Crippen molar-refractivity contribution in [2.24, 2.45) is 17.3 Å². The van der Waals surface area contributed by atoms with Gasteiger partial charge in [0, 0.05) is 13.1 Å². The first-order chi connectivity index (χ1) is 5.25. The molecule has 0 aromatic heterocycles. The van der Waals surface area contributed by atoms with E-state index in [1.165, 1.54) is 32.4 Å². The van der Waals surface area contributed by atoms with Crippen molar-refractivity contribution in [1.29, 1.82) is 0 Å². The van der Waals surface area contributed by atoms with Gasteiger partial charge >= 0.3 is 0 Å². The lowest BCUT2D eigenvalue weighted by Crippen LogP contribution is -2.56. The van der Waals surface area contributed by atoms with E-state index >= 15 is 0 Å². The number of hydrogen-bond donors (Lipinski definition) is 1. The molecule has 1 heterocycles. The summed E-state index contributed by atoms with van der Waals surface area (Å²) >= 11 is 0. The molecule has 1 N–H and O–H groups in total. The van der Waals surface area contributed by atoms with Gasteiger partial charge in [0.05, 0.1) is 0 Å². The lowest BCUT2D eigenvalue weighted by atomic mass is 9.68. The van der Waals surface area contributed by atoms with Crippen LogP contribution in [0.5, 0.6) is 0 Å². The third-order valence-corrected chi connectivity index (χ3v) is 3.74. The van der Waals surface area contributed by atoms with Gasteiger partial charge in [0.15, 0.2) is 0 Å². The van der Waals surface area contributed by atoms with E-state index in [2.05, 4.69) is 19.2 Å². The highest BCUT2D eigenvalue weighted by atomic mass is 15.0. The summed E-state index contributed by atoms with van der Waals surface area (Å²) in [7, 11) is 0. The van der Waals surface area contributed by atoms with Crippen molar-refractivity contribution in [3.8, 4) is 0 Å². The van der Waals surface area contributed by atoms with E-state index < -0.39 is 0 Å². The van der Waals surface area contributed by atoms with Crippen molar-refractivity contribution in [3.05, 3.63) is 0 Å². The van der Waals surface area contributed by atoms with Gasteiger partial charge in [-0.15, -0.1) is 0 Å². The molecule has 2 rings (SSSR count). The van der Waals surface area contributed by atoms with E-state index in [-0.39, 0.29) is 0 Å². The largest absolute Gasteiger partial charge is 0.316 e. The van der Waals surface area contributed by atoms with Crippen LogP contribution in [0.2, 0.25) is 0 Å². The molecule has 0 aromatic carbocycles. The summed E-state index contributed by atoms with van der Waals surface area (Å²) in [5, 5.41) is 3.43. The molecule has 0 bridgehead atoms. The van der Waals surface area contributed by atoms with Gasteiger partial charge in [-0.2, -0.15) is 0 Å². The van der Waals surface area contributed by atoms with E-state index in [0.29, 0.717) is 0 Å². The van der Waals surface area contributed by atoms with E-state index in [1.807, 2.05) is 0 Å². The number of nitrogens with one attached hydrogen (secondary N) is 1. The fraction of sp³-hybridized carbons (Fsp3) is 1.00. The summed E-state index contributed by atoms with van der Waals surface area (Å²) in [6.45, 7) is 7.37. The Kier molecular flexibility index (Phi) is 1.71. The van der Waals surface area contributed by atoms with Gasteiger partial charge in [0.2, 0.25) is 0 Å². The SMILES string of the molecule is CC(C)C1CCCC12CNC2. The predicted molar refractivity (Wildman–Crippen MR) is 47.5 cm³/mol. The molecule has 11 heavy (non-hydrogen) atoms. The van der Waals surface area contributed by atoms with Crippen molar-refractivity contribution in [2.75, 3.05) is 13.1 Å². The minimum atomic E-state index is 0.744. The first-order valence-electron chi connectivity index (χ1n) is 4.95. The first kappa shape index (κ1) is 7.60. The number of hydrogen-bond acceptors (Lipinski definition) is 1. The fourth-order valence-electron chi connectivity index (χ4n) is 3.09. The van der Waals surface area contributed by atoms with Gasteiger partial charge in [0.1, 0.15) is 0 Å². The third kappa shape index (κ3) is 1.01. The molecule has 1 aliphatic heterocycles. The molecule has 0 amide bonds. The molecule has 1 spiro atoms. The molecule has 1 nitrogen and oxygen atoms in total. The van der Waals surface area contributed by atoms with Crippen LogP contribution in [0.3, 0.4) is 0 Å². The average molecular weight is 153 g/mol. The van der Waals surface area contributed by atoms with Crippen LogP contribution in [-0.4, -0.2) is 13.1 Å². The van der Waals surface area contributed by atoms with E-state index in [4.69, 9.17) is 0 Å². The summed E-state index contributed by atoms with van der Waals surface area (Å²) in [4.78, 5) is 0. The molecule has 1 heteroatoms. The summed E-state index contributed by atoms with van der Waals surface area (Å²) < 4.78 is 0.